The van der Waals surface area contributed by atoms with Crippen LogP contribution in [-0.2, 0) is 4.74 Å². The molecule has 9 heteroatoms. The van der Waals surface area contributed by atoms with Crippen LogP contribution in [0.2, 0.25) is 10.0 Å². The van der Waals surface area contributed by atoms with E-state index in [1.54, 1.807) is 30.6 Å². The zero-order valence-electron chi connectivity index (χ0n) is 14.6. The average Bonchev–Trinajstić information content (AvgIpc) is 3.35. The van der Waals surface area contributed by atoms with Gasteiger partial charge in [0.25, 0.3) is 0 Å². The van der Waals surface area contributed by atoms with E-state index in [2.05, 4.69) is 14.8 Å². The van der Waals surface area contributed by atoms with Crippen LogP contribution in [0.3, 0.4) is 0 Å². The third-order valence-electron chi connectivity index (χ3n) is 4.49. The minimum Gasteiger partial charge on any atom is -0.372 e. The Morgan fingerprint density at radius 2 is 2.29 bits per heavy atom. The molecule has 0 bridgehead atoms. The first kappa shape index (κ1) is 19.2. The van der Waals surface area contributed by atoms with Gasteiger partial charge in [-0.3, -0.25) is 0 Å². The molecule has 1 aromatic carbocycles. The molecule has 144 valence electrons. The van der Waals surface area contributed by atoms with Gasteiger partial charge < -0.3 is 14.6 Å². The summed E-state index contributed by atoms with van der Waals surface area (Å²) in [7, 11) is 0. The van der Waals surface area contributed by atoms with E-state index in [4.69, 9.17) is 34.5 Å². The Hall–Kier alpha value is -2.11. The van der Waals surface area contributed by atoms with E-state index in [1.807, 2.05) is 4.90 Å². The molecule has 1 unspecified atom stereocenters. The van der Waals surface area contributed by atoms with Crippen LogP contribution in [-0.4, -0.2) is 42.4 Å². The molecule has 0 amide bonds. The van der Waals surface area contributed by atoms with Crippen LogP contribution in [0.5, 0.6) is 0 Å². The van der Waals surface area contributed by atoms with Crippen molar-refractivity contribution >= 4 is 45.2 Å². The maximum atomic E-state index is 13.2. The Balaban J connectivity index is 1.91. The lowest BCUT2D eigenvalue weighted by atomic mass is 10.0. The maximum absolute atomic E-state index is 13.2. The number of imidazole rings is 1. The fourth-order valence-electron chi connectivity index (χ4n) is 3.22. The van der Waals surface area contributed by atoms with Gasteiger partial charge in [0.15, 0.2) is 0 Å². The third kappa shape index (κ3) is 3.49. The van der Waals surface area contributed by atoms with Crippen molar-refractivity contribution in [2.24, 2.45) is 0 Å². The van der Waals surface area contributed by atoms with Crippen molar-refractivity contribution in [3.8, 4) is 21.8 Å². The van der Waals surface area contributed by atoms with Gasteiger partial charge in [0.05, 0.1) is 23.1 Å². The third-order valence-corrected chi connectivity index (χ3v) is 6.28. The lowest BCUT2D eigenvalue weighted by Gasteiger charge is -2.32. The summed E-state index contributed by atoms with van der Waals surface area (Å²) >= 11 is 14.0. The van der Waals surface area contributed by atoms with Crippen molar-refractivity contribution < 1.29 is 9.13 Å². The maximum Gasteiger partial charge on any atom is 0.229 e. The van der Waals surface area contributed by atoms with Crippen molar-refractivity contribution in [2.45, 2.75) is 6.10 Å². The van der Waals surface area contributed by atoms with Crippen LogP contribution in [0.15, 0.2) is 30.6 Å². The number of aromatic amines is 1. The molecular formula is C19H15Cl2FN4OS. The summed E-state index contributed by atoms with van der Waals surface area (Å²) in [6.45, 7) is 8.68. The van der Waals surface area contributed by atoms with Crippen molar-refractivity contribution in [3.63, 3.8) is 0 Å². The Labute approximate surface area is 175 Å². The Morgan fingerprint density at radius 1 is 1.43 bits per heavy atom. The van der Waals surface area contributed by atoms with Crippen molar-refractivity contribution in [3.05, 3.63) is 52.1 Å². The van der Waals surface area contributed by atoms with Gasteiger partial charge in [-0.05, 0) is 17.7 Å². The fourth-order valence-corrected chi connectivity index (χ4v) is 4.98. The second-order valence-corrected chi connectivity index (χ2v) is 8.07. The predicted molar refractivity (Wildman–Crippen MR) is 112 cm³/mol. The first-order valence-corrected chi connectivity index (χ1v) is 10.1. The van der Waals surface area contributed by atoms with Gasteiger partial charge >= 0.3 is 0 Å². The van der Waals surface area contributed by atoms with E-state index in [9.17, 15) is 4.39 Å². The van der Waals surface area contributed by atoms with Crippen LogP contribution >= 0.6 is 34.5 Å². The number of aromatic nitrogens is 2. The van der Waals surface area contributed by atoms with Crippen molar-refractivity contribution in [2.75, 3.05) is 31.3 Å². The van der Waals surface area contributed by atoms with Gasteiger partial charge in [0, 0.05) is 41.1 Å². The van der Waals surface area contributed by atoms with Gasteiger partial charge in [-0.1, -0.05) is 29.3 Å². The molecule has 1 aliphatic rings. The van der Waals surface area contributed by atoms with Crippen LogP contribution in [0.4, 0.5) is 15.1 Å². The lowest BCUT2D eigenvalue weighted by Crippen LogP contribution is -2.43. The van der Waals surface area contributed by atoms with Gasteiger partial charge in [-0.2, -0.15) is 0 Å². The van der Waals surface area contributed by atoms with E-state index in [1.165, 1.54) is 11.3 Å². The van der Waals surface area contributed by atoms with E-state index in [0.29, 0.717) is 52.4 Å². The number of nitrogens with one attached hydrogen (secondary N) is 1. The molecule has 3 aromatic rings. The second-order valence-electron chi connectivity index (χ2n) is 6.23. The van der Waals surface area contributed by atoms with Crippen molar-refractivity contribution in [1.29, 1.82) is 0 Å². The van der Waals surface area contributed by atoms with Crippen LogP contribution in [0, 0.1) is 6.57 Å². The van der Waals surface area contributed by atoms with Crippen LogP contribution in [0.1, 0.15) is 0 Å². The van der Waals surface area contributed by atoms with E-state index in [0.717, 1.165) is 9.88 Å². The number of anilines is 1. The summed E-state index contributed by atoms with van der Waals surface area (Å²) in [6, 6.07) is 5.21. The monoisotopic (exact) mass is 436 g/mol. The molecule has 1 saturated heterocycles. The highest BCUT2D eigenvalue weighted by atomic mass is 35.5. The van der Waals surface area contributed by atoms with Gasteiger partial charge in [0.1, 0.15) is 18.6 Å². The molecule has 1 aliphatic heterocycles. The summed E-state index contributed by atoms with van der Waals surface area (Å²) in [4.78, 5) is 14.1. The zero-order valence-corrected chi connectivity index (χ0v) is 16.9. The molecule has 2 aromatic heterocycles. The minimum atomic E-state index is -0.559. The quantitative estimate of drug-likeness (QED) is 0.522. The molecule has 5 nitrogen and oxygen atoms in total. The number of halogens is 3. The molecule has 1 atom stereocenters. The summed E-state index contributed by atoms with van der Waals surface area (Å²) < 4.78 is 18.6. The highest BCUT2D eigenvalue weighted by Crippen LogP contribution is 2.53. The summed E-state index contributed by atoms with van der Waals surface area (Å²) in [6.07, 6.45) is 2.89. The van der Waals surface area contributed by atoms with Gasteiger partial charge in [-0.15, -0.1) is 11.3 Å². The average molecular weight is 437 g/mol. The first-order chi connectivity index (χ1) is 13.6. The number of ether oxygens (including phenoxy) is 1. The number of H-pyrrole nitrogens is 1. The molecule has 3 heterocycles. The normalized spacial score (nSPS) is 16.9. The number of thiophene rings is 1. The summed E-state index contributed by atoms with van der Waals surface area (Å²) in [5.74, 6) is 0.650. The number of morpholine rings is 1. The largest absolute Gasteiger partial charge is 0.372 e. The van der Waals surface area contributed by atoms with Gasteiger partial charge in [-0.25, -0.2) is 14.2 Å². The minimum absolute atomic E-state index is 0.394. The standard InChI is InChI=1S/C19H15Cl2FN4OS/c1-23-16-15(13-3-2-11(20)8-14(13)21)17(18-24-4-5-25-18)28-19(16)26-6-7-27-12(9-22)10-26/h2-5,8,12H,6-7,9-10H2,(H,24,25). The molecule has 0 aliphatic carbocycles. The SMILES string of the molecule is [C-]#[N+]c1c(N2CCOC(CF)C2)sc(-c2ncc[nH]2)c1-c1ccc(Cl)cc1Cl. The number of benzene rings is 1. The Bertz CT molecular complexity index is 1030. The Kier molecular flexibility index (Phi) is 5.56. The number of hydrogen-bond donors (Lipinski definition) is 1. The molecule has 4 rings (SSSR count). The number of rotatable bonds is 4. The molecule has 28 heavy (non-hydrogen) atoms. The summed E-state index contributed by atoms with van der Waals surface area (Å²) in [5, 5.41) is 1.74. The fraction of sp³-hybridized carbons (Fsp3) is 0.263. The predicted octanol–water partition coefficient (Wildman–Crippen LogP) is 5.84. The van der Waals surface area contributed by atoms with Crippen LogP contribution < -0.4 is 4.90 Å². The topological polar surface area (TPSA) is 45.5 Å². The number of hydrogen-bond acceptors (Lipinski definition) is 4. The smallest absolute Gasteiger partial charge is 0.229 e. The van der Waals surface area contributed by atoms with E-state index < -0.39 is 12.8 Å². The van der Waals surface area contributed by atoms with E-state index in [-0.39, 0.29) is 0 Å². The van der Waals surface area contributed by atoms with Gasteiger partial charge in [0.2, 0.25) is 5.69 Å². The number of alkyl halides is 1. The molecule has 0 spiro atoms. The highest BCUT2D eigenvalue weighted by Gasteiger charge is 2.29. The molecule has 0 radical (unpaired) electrons. The first-order valence-electron chi connectivity index (χ1n) is 8.54. The molecular weight excluding hydrogens is 422 g/mol. The van der Waals surface area contributed by atoms with E-state index >= 15 is 0 Å². The summed E-state index contributed by atoms with van der Waals surface area (Å²) in [5.41, 5.74) is 1.89. The molecule has 0 saturated carbocycles. The highest BCUT2D eigenvalue weighted by molar-refractivity contribution is 7.20. The lowest BCUT2D eigenvalue weighted by molar-refractivity contribution is 0.0250. The zero-order chi connectivity index (χ0) is 19.7. The van der Waals surface area contributed by atoms with Crippen molar-refractivity contribution in [1.82, 2.24) is 9.97 Å². The van der Waals surface area contributed by atoms with Crippen LogP contribution in [0.25, 0.3) is 26.7 Å². The molecule has 1 fully saturated rings. The Morgan fingerprint density at radius 3 is 2.96 bits per heavy atom. The second kappa shape index (κ2) is 8.10. The number of nitrogens with zero attached hydrogens (tertiary/aromatic N) is 3. The molecule has 1 N–H and O–H groups in total.